The molecule has 3 fully saturated rings. The minimum absolute atomic E-state index is 0.177. The van der Waals surface area contributed by atoms with Crippen LogP contribution in [-0.4, -0.2) is 82.3 Å². The van der Waals surface area contributed by atoms with Crippen LogP contribution in [0.1, 0.15) is 64.4 Å². The van der Waals surface area contributed by atoms with Crippen LogP contribution in [0.5, 0.6) is 0 Å². The fraction of sp³-hybridized carbons (Fsp3) is 0.606. The lowest BCUT2D eigenvalue weighted by molar-refractivity contribution is -0.163. The molecule has 2 unspecified atom stereocenters. The lowest BCUT2D eigenvalue weighted by Gasteiger charge is -2.39. The number of fused-ring (bicyclic) bond motifs is 1. The van der Waals surface area contributed by atoms with E-state index in [2.05, 4.69) is 20.1 Å². The third-order valence-electron chi connectivity index (χ3n) is 9.28. The average molecular weight is 567 g/mol. The molecule has 0 aliphatic carbocycles. The zero-order valence-electron chi connectivity index (χ0n) is 24.6. The van der Waals surface area contributed by atoms with Gasteiger partial charge in [0.05, 0.1) is 30.8 Å². The van der Waals surface area contributed by atoms with Gasteiger partial charge in [0.25, 0.3) is 0 Å². The van der Waals surface area contributed by atoms with Crippen molar-refractivity contribution in [2.24, 2.45) is 11.8 Å². The number of ether oxygens (including phenoxy) is 2. The first-order chi connectivity index (χ1) is 19.8. The molecule has 1 spiro atoms. The van der Waals surface area contributed by atoms with E-state index < -0.39 is 41.1 Å². The number of amides is 2. The van der Waals surface area contributed by atoms with E-state index >= 15 is 0 Å². The minimum atomic E-state index is -1.17. The second-order valence-corrected chi connectivity index (χ2v) is 11.6. The summed E-state index contributed by atoms with van der Waals surface area (Å²) in [6.45, 7) is 12.4. The molecule has 3 saturated heterocycles. The number of likely N-dealkylation sites (tertiary alicyclic amines) is 1. The van der Waals surface area contributed by atoms with E-state index in [9.17, 15) is 19.5 Å². The van der Waals surface area contributed by atoms with Crippen LogP contribution >= 0.6 is 0 Å². The lowest BCUT2D eigenvalue weighted by atomic mass is 9.65. The first-order valence-corrected chi connectivity index (χ1v) is 15.2. The Morgan fingerprint density at radius 2 is 1.95 bits per heavy atom. The molecule has 0 aromatic heterocycles. The Kier molecular flexibility index (Phi) is 10.1. The van der Waals surface area contributed by atoms with Gasteiger partial charge in [-0.2, -0.15) is 0 Å². The zero-order chi connectivity index (χ0) is 29.6. The van der Waals surface area contributed by atoms with Gasteiger partial charge in [-0.15, -0.1) is 13.2 Å². The molecule has 0 saturated carbocycles. The average Bonchev–Trinajstić information content (AvgIpc) is 3.59. The Morgan fingerprint density at radius 3 is 2.59 bits per heavy atom. The number of nitrogens with zero attached hydrogens (tertiary/aromatic N) is 2. The summed E-state index contributed by atoms with van der Waals surface area (Å²) in [6.07, 6.45) is 8.66. The summed E-state index contributed by atoms with van der Waals surface area (Å²) in [6, 6.07) is 8.02. The topological polar surface area (TPSA) is 96.4 Å². The molecular formula is C33H46N2O6. The first-order valence-electron chi connectivity index (χ1n) is 15.2. The molecule has 8 nitrogen and oxygen atoms in total. The summed E-state index contributed by atoms with van der Waals surface area (Å²) in [5.41, 5.74) is -1.09. The largest absolute Gasteiger partial charge is 0.465 e. The molecule has 3 heterocycles. The normalized spacial score (nSPS) is 28.8. The molecule has 3 aliphatic rings. The van der Waals surface area contributed by atoms with E-state index in [1.54, 1.807) is 22.0 Å². The van der Waals surface area contributed by atoms with E-state index in [4.69, 9.17) is 9.47 Å². The van der Waals surface area contributed by atoms with Crippen LogP contribution in [0.2, 0.25) is 0 Å². The maximum Gasteiger partial charge on any atom is 0.312 e. The monoisotopic (exact) mass is 566 g/mol. The van der Waals surface area contributed by atoms with Crippen molar-refractivity contribution in [2.45, 2.75) is 88.5 Å². The molecule has 2 bridgehead atoms. The van der Waals surface area contributed by atoms with Gasteiger partial charge in [-0.1, -0.05) is 69.2 Å². The molecule has 4 rings (SSSR count). The summed E-state index contributed by atoms with van der Waals surface area (Å²) >= 11 is 0. The number of unbranched alkanes of at least 4 members (excludes halogenated alkanes) is 2. The highest BCUT2D eigenvalue weighted by Gasteiger charge is 2.79. The van der Waals surface area contributed by atoms with Crippen molar-refractivity contribution in [2.75, 3.05) is 26.3 Å². The van der Waals surface area contributed by atoms with E-state index in [-0.39, 0.29) is 25.0 Å². The predicted octanol–water partition coefficient (Wildman–Crippen LogP) is 4.07. The second-order valence-electron chi connectivity index (χ2n) is 11.6. The number of aliphatic hydroxyl groups is 1. The maximum absolute atomic E-state index is 14.6. The number of hydrogen-bond acceptors (Lipinski definition) is 6. The summed E-state index contributed by atoms with van der Waals surface area (Å²) < 4.78 is 12.5. The minimum Gasteiger partial charge on any atom is -0.465 e. The Morgan fingerprint density at radius 1 is 1.20 bits per heavy atom. The number of aliphatic hydroxyl groups excluding tert-OH is 1. The first kappa shape index (κ1) is 31.0. The van der Waals surface area contributed by atoms with Crippen LogP contribution < -0.4 is 0 Å². The molecule has 6 atom stereocenters. The maximum atomic E-state index is 14.6. The Labute approximate surface area is 244 Å². The Hall–Kier alpha value is -2.97. The van der Waals surface area contributed by atoms with Crippen molar-refractivity contribution in [3.63, 3.8) is 0 Å². The van der Waals surface area contributed by atoms with E-state index in [1.807, 2.05) is 37.3 Å². The van der Waals surface area contributed by atoms with E-state index in [0.29, 0.717) is 45.2 Å². The summed E-state index contributed by atoms with van der Waals surface area (Å²) in [7, 11) is 0. The lowest BCUT2D eigenvalue weighted by Crippen LogP contribution is -2.59. The summed E-state index contributed by atoms with van der Waals surface area (Å²) in [4.78, 5) is 46.0. The highest BCUT2D eigenvalue weighted by atomic mass is 16.6. The number of benzene rings is 1. The molecular weight excluding hydrogens is 520 g/mol. The standard InChI is InChI=1S/C33H46N2O6/c1-5-9-14-20-34(19-7-3)30(38)28-33-18-17-32(8-4,41-33)27(31(39)40-21-10-6-2)26(33)29(37)35(28)25(23-36)22-24-15-12-11-13-16-24/h6-7,11-13,15-16,25-28,36H,2-3,5,8-10,14,17-23H2,1,4H3/t25-,26+,27-,28?,32+,33?/m1/s1. The summed E-state index contributed by atoms with van der Waals surface area (Å²) in [5.74, 6) is -2.66. The zero-order valence-corrected chi connectivity index (χ0v) is 24.6. The number of rotatable bonds is 16. The van der Waals surface area contributed by atoms with Gasteiger partial charge in [0.2, 0.25) is 11.8 Å². The van der Waals surface area contributed by atoms with Gasteiger partial charge in [0.15, 0.2) is 0 Å². The quantitative estimate of drug-likeness (QED) is 0.184. The van der Waals surface area contributed by atoms with Crippen LogP contribution in [0.3, 0.4) is 0 Å². The van der Waals surface area contributed by atoms with Crippen LogP contribution in [-0.2, 0) is 30.3 Å². The fourth-order valence-electron chi connectivity index (χ4n) is 7.33. The number of carbonyl (C=O) groups is 3. The smallest absolute Gasteiger partial charge is 0.312 e. The van der Waals surface area contributed by atoms with Gasteiger partial charge in [0.1, 0.15) is 17.6 Å². The number of esters is 1. The van der Waals surface area contributed by atoms with Crippen molar-refractivity contribution in [3.05, 3.63) is 61.2 Å². The molecule has 1 aromatic carbocycles. The number of hydrogen-bond donors (Lipinski definition) is 1. The molecule has 41 heavy (non-hydrogen) atoms. The second kappa shape index (κ2) is 13.3. The van der Waals surface area contributed by atoms with Gasteiger partial charge in [0, 0.05) is 13.1 Å². The summed E-state index contributed by atoms with van der Waals surface area (Å²) in [5, 5.41) is 10.6. The Bertz CT molecular complexity index is 1110. The van der Waals surface area contributed by atoms with Gasteiger partial charge >= 0.3 is 5.97 Å². The van der Waals surface area contributed by atoms with Gasteiger partial charge in [-0.05, 0) is 44.1 Å². The molecule has 8 heteroatoms. The molecule has 0 radical (unpaired) electrons. The van der Waals surface area contributed by atoms with E-state index in [1.165, 1.54) is 0 Å². The van der Waals surface area contributed by atoms with Crippen molar-refractivity contribution in [1.29, 1.82) is 0 Å². The Balaban J connectivity index is 1.78. The molecule has 3 aliphatic heterocycles. The molecule has 1 aromatic rings. The van der Waals surface area contributed by atoms with Gasteiger partial charge < -0.3 is 24.4 Å². The predicted molar refractivity (Wildman–Crippen MR) is 157 cm³/mol. The SMILES string of the molecule is C=CCCOC(=O)[C@H]1[C@H]2C(=O)N([C@@H](CO)Cc3ccccc3)C(C(=O)N(CC=C)CCCCC)C23CC[C@]1(CC)O3. The molecule has 1 N–H and O–H groups in total. The van der Waals surface area contributed by atoms with Crippen molar-refractivity contribution < 1.29 is 29.0 Å². The van der Waals surface area contributed by atoms with Crippen molar-refractivity contribution >= 4 is 17.8 Å². The van der Waals surface area contributed by atoms with Crippen molar-refractivity contribution in [1.82, 2.24) is 9.80 Å². The van der Waals surface area contributed by atoms with E-state index in [0.717, 1.165) is 24.8 Å². The van der Waals surface area contributed by atoms with Crippen molar-refractivity contribution in [3.8, 4) is 0 Å². The third-order valence-corrected chi connectivity index (χ3v) is 9.28. The highest BCUT2D eigenvalue weighted by molar-refractivity contribution is 5.98. The molecule has 2 amide bonds. The van der Waals surface area contributed by atoms with Crippen LogP contribution in [0, 0.1) is 11.8 Å². The fourth-order valence-corrected chi connectivity index (χ4v) is 7.33. The van der Waals surface area contributed by atoms with Gasteiger partial charge in [-0.3, -0.25) is 14.4 Å². The van der Waals surface area contributed by atoms with Crippen LogP contribution in [0.25, 0.3) is 0 Å². The molecule has 224 valence electrons. The highest BCUT2D eigenvalue weighted by Crippen LogP contribution is 2.65. The van der Waals surface area contributed by atoms with Crippen LogP contribution in [0.15, 0.2) is 55.6 Å². The third kappa shape index (κ3) is 5.61. The number of carbonyl (C=O) groups excluding carboxylic acids is 3. The van der Waals surface area contributed by atoms with Gasteiger partial charge in [-0.25, -0.2) is 0 Å². The van der Waals surface area contributed by atoms with Crippen LogP contribution in [0.4, 0.5) is 0 Å².